The highest BCUT2D eigenvalue weighted by atomic mass is 79.9. The predicted octanol–water partition coefficient (Wildman–Crippen LogP) is 3.14. The van der Waals surface area contributed by atoms with Crippen molar-refractivity contribution in [3.63, 3.8) is 0 Å². The number of anilines is 1. The van der Waals surface area contributed by atoms with Crippen molar-refractivity contribution in [2.24, 2.45) is 0 Å². The summed E-state index contributed by atoms with van der Waals surface area (Å²) in [6.45, 7) is 2.01. The highest BCUT2D eigenvalue weighted by molar-refractivity contribution is 9.10. The van der Waals surface area contributed by atoms with Crippen molar-refractivity contribution in [2.75, 3.05) is 5.32 Å². The van der Waals surface area contributed by atoms with Crippen LogP contribution in [0.4, 0.5) is 5.69 Å². The van der Waals surface area contributed by atoms with Crippen molar-refractivity contribution in [1.29, 1.82) is 5.26 Å². The van der Waals surface area contributed by atoms with Gasteiger partial charge in [0.05, 0.1) is 11.6 Å². The summed E-state index contributed by atoms with van der Waals surface area (Å²) in [5.74, 6) is 2.59. The van der Waals surface area contributed by atoms with E-state index in [2.05, 4.69) is 33.2 Å². The first-order valence-corrected chi connectivity index (χ1v) is 5.35. The van der Waals surface area contributed by atoms with E-state index < -0.39 is 0 Å². The minimum atomic E-state index is 0.204. The molecule has 0 amide bonds. The van der Waals surface area contributed by atoms with E-state index in [1.807, 2.05) is 13.0 Å². The molecule has 3 heteroatoms. The Bertz CT molecular complexity index is 426. The molecule has 0 bridgehead atoms. The molecule has 1 aromatic carbocycles. The van der Waals surface area contributed by atoms with Crippen LogP contribution in [0.25, 0.3) is 0 Å². The zero-order valence-corrected chi connectivity index (χ0v) is 10.0. The molecule has 1 atom stereocenters. The summed E-state index contributed by atoms with van der Waals surface area (Å²) >= 11 is 3.35. The van der Waals surface area contributed by atoms with Crippen LogP contribution in [-0.2, 0) is 0 Å². The molecule has 1 unspecified atom stereocenters. The Kier molecular flexibility index (Phi) is 4.21. The number of rotatable bonds is 3. The third kappa shape index (κ3) is 3.65. The molecule has 1 aromatic rings. The first kappa shape index (κ1) is 11.6. The van der Waals surface area contributed by atoms with E-state index in [0.717, 1.165) is 10.2 Å². The van der Waals surface area contributed by atoms with Gasteiger partial charge in [0.25, 0.3) is 0 Å². The smallest absolute Gasteiger partial charge is 0.0992 e. The monoisotopic (exact) mass is 262 g/mol. The largest absolute Gasteiger partial charge is 0.382 e. The van der Waals surface area contributed by atoms with E-state index in [0.29, 0.717) is 12.0 Å². The number of terminal acetylenes is 1. The van der Waals surface area contributed by atoms with E-state index in [4.69, 9.17) is 11.7 Å². The van der Waals surface area contributed by atoms with Gasteiger partial charge in [0.1, 0.15) is 0 Å². The molecular formula is C12H11BrN2. The fourth-order valence-corrected chi connectivity index (χ4v) is 1.74. The molecule has 76 valence electrons. The van der Waals surface area contributed by atoms with Crippen LogP contribution in [0.2, 0.25) is 0 Å². The van der Waals surface area contributed by atoms with Crippen LogP contribution in [0.1, 0.15) is 18.9 Å². The molecule has 0 spiro atoms. The van der Waals surface area contributed by atoms with Gasteiger partial charge in [-0.05, 0) is 25.1 Å². The van der Waals surface area contributed by atoms with E-state index in [1.165, 1.54) is 0 Å². The summed E-state index contributed by atoms with van der Waals surface area (Å²) in [6.07, 6.45) is 5.88. The van der Waals surface area contributed by atoms with Gasteiger partial charge in [-0.2, -0.15) is 5.26 Å². The molecule has 0 aliphatic rings. The second-order valence-electron chi connectivity index (χ2n) is 3.29. The quantitative estimate of drug-likeness (QED) is 0.850. The van der Waals surface area contributed by atoms with E-state index in [1.54, 1.807) is 12.1 Å². The van der Waals surface area contributed by atoms with E-state index in [-0.39, 0.29) is 6.04 Å². The molecule has 0 aliphatic carbocycles. The molecule has 0 fully saturated rings. The molecule has 15 heavy (non-hydrogen) atoms. The van der Waals surface area contributed by atoms with Crippen LogP contribution in [0.3, 0.4) is 0 Å². The maximum atomic E-state index is 8.79. The molecule has 1 rings (SSSR count). The van der Waals surface area contributed by atoms with Gasteiger partial charge in [0, 0.05) is 22.6 Å². The summed E-state index contributed by atoms with van der Waals surface area (Å²) < 4.78 is 0.886. The normalized spacial score (nSPS) is 11.2. The van der Waals surface area contributed by atoms with E-state index in [9.17, 15) is 0 Å². The van der Waals surface area contributed by atoms with Crippen LogP contribution in [0, 0.1) is 23.7 Å². The molecule has 1 N–H and O–H groups in total. The predicted molar refractivity (Wildman–Crippen MR) is 65.4 cm³/mol. The van der Waals surface area contributed by atoms with Crippen LogP contribution in [-0.4, -0.2) is 6.04 Å². The summed E-state index contributed by atoms with van der Waals surface area (Å²) in [6, 6.07) is 7.81. The number of nitrogens with one attached hydrogen (secondary N) is 1. The Hall–Kier alpha value is -1.45. The topological polar surface area (TPSA) is 35.8 Å². The van der Waals surface area contributed by atoms with Crippen LogP contribution >= 0.6 is 15.9 Å². The Labute approximate surface area is 98.4 Å². The second kappa shape index (κ2) is 5.44. The lowest BCUT2D eigenvalue weighted by molar-refractivity contribution is 0.829. The van der Waals surface area contributed by atoms with Crippen molar-refractivity contribution >= 4 is 21.6 Å². The lowest BCUT2D eigenvalue weighted by Gasteiger charge is -2.12. The SMILES string of the molecule is C#CCC(C)Nc1cc(Br)cc(C#N)c1. The highest BCUT2D eigenvalue weighted by Gasteiger charge is 2.02. The maximum Gasteiger partial charge on any atom is 0.0992 e. The molecule has 2 nitrogen and oxygen atoms in total. The Balaban J connectivity index is 2.83. The van der Waals surface area contributed by atoms with Gasteiger partial charge in [-0.3, -0.25) is 0 Å². The lowest BCUT2D eigenvalue weighted by atomic mass is 10.2. The van der Waals surface area contributed by atoms with Crippen LogP contribution in [0.5, 0.6) is 0 Å². The molecule has 0 aromatic heterocycles. The molecule has 0 aliphatic heterocycles. The van der Waals surface area contributed by atoms with Gasteiger partial charge in [-0.1, -0.05) is 15.9 Å². The van der Waals surface area contributed by atoms with Crippen molar-refractivity contribution in [2.45, 2.75) is 19.4 Å². The van der Waals surface area contributed by atoms with Gasteiger partial charge >= 0.3 is 0 Å². The number of halogens is 1. The fourth-order valence-electron chi connectivity index (χ4n) is 1.25. The van der Waals surface area contributed by atoms with E-state index >= 15 is 0 Å². The first-order chi connectivity index (χ1) is 7.15. The van der Waals surface area contributed by atoms with Gasteiger partial charge in [-0.25, -0.2) is 0 Å². The number of hydrogen-bond acceptors (Lipinski definition) is 2. The second-order valence-corrected chi connectivity index (χ2v) is 4.21. The Morgan fingerprint density at radius 1 is 1.53 bits per heavy atom. The molecule has 0 saturated heterocycles. The first-order valence-electron chi connectivity index (χ1n) is 4.56. The number of nitrogens with zero attached hydrogens (tertiary/aromatic N) is 1. The average molecular weight is 263 g/mol. The minimum Gasteiger partial charge on any atom is -0.382 e. The summed E-state index contributed by atoms with van der Waals surface area (Å²) in [4.78, 5) is 0. The van der Waals surface area contributed by atoms with Gasteiger partial charge in [-0.15, -0.1) is 12.3 Å². The van der Waals surface area contributed by atoms with Crippen molar-refractivity contribution in [3.05, 3.63) is 28.2 Å². The van der Waals surface area contributed by atoms with Crippen LogP contribution < -0.4 is 5.32 Å². The molecular weight excluding hydrogens is 252 g/mol. The zero-order valence-electron chi connectivity index (χ0n) is 8.42. The van der Waals surface area contributed by atoms with Gasteiger partial charge in [0.2, 0.25) is 0 Å². The molecule has 0 saturated carbocycles. The average Bonchev–Trinajstić information content (AvgIpc) is 2.17. The minimum absolute atomic E-state index is 0.204. The maximum absolute atomic E-state index is 8.79. The molecule has 0 radical (unpaired) electrons. The standard InChI is InChI=1S/C12H11BrN2/c1-3-4-9(2)15-12-6-10(8-14)5-11(13)7-12/h1,5-7,9,15H,4H2,2H3. The lowest BCUT2D eigenvalue weighted by Crippen LogP contribution is -2.13. The Morgan fingerprint density at radius 2 is 2.27 bits per heavy atom. The van der Waals surface area contributed by atoms with Gasteiger partial charge in [0.15, 0.2) is 0 Å². The number of benzene rings is 1. The van der Waals surface area contributed by atoms with Gasteiger partial charge < -0.3 is 5.32 Å². The van der Waals surface area contributed by atoms with Crippen molar-refractivity contribution in [3.8, 4) is 18.4 Å². The third-order valence-corrected chi connectivity index (χ3v) is 2.32. The molecule has 0 heterocycles. The third-order valence-electron chi connectivity index (χ3n) is 1.86. The zero-order chi connectivity index (χ0) is 11.3. The van der Waals surface area contributed by atoms with Crippen LogP contribution in [0.15, 0.2) is 22.7 Å². The summed E-state index contributed by atoms with van der Waals surface area (Å²) in [5.41, 5.74) is 1.53. The summed E-state index contributed by atoms with van der Waals surface area (Å²) in [5, 5.41) is 12.0. The fraction of sp³-hybridized carbons (Fsp3) is 0.250. The summed E-state index contributed by atoms with van der Waals surface area (Å²) in [7, 11) is 0. The Morgan fingerprint density at radius 3 is 2.87 bits per heavy atom. The highest BCUT2D eigenvalue weighted by Crippen LogP contribution is 2.20. The van der Waals surface area contributed by atoms with Crippen molar-refractivity contribution in [1.82, 2.24) is 0 Å². The number of hydrogen-bond donors (Lipinski definition) is 1. The number of nitriles is 1. The van der Waals surface area contributed by atoms with Crippen molar-refractivity contribution < 1.29 is 0 Å².